The van der Waals surface area contributed by atoms with Gasteiger partial charge in [-0.3, -0.25) is 0 Å². The van der Waals surface area contributed by atoms with E-state index in [1.54, 1.807) is 0 Å². The Balaban J connectivity index is 2.58. The Morgan fingerprint density at radius 1 is 1.33 bits per heavy atom. The van der Waals surface area contributed by atoms with Crippen LogP contribution in [0.1, 0.15) is 65.7 Å². The maximum Gasteiger partial charge on any atom is -0.00203 e. The third kappa shape index (κ3) is 3.48. The molecule has 0 amide bonds. The molecule has 2 N–H and O–H groups in total. The van der Waals surface area contributed by atoms with Gasteiger partial charge in [0.25, 0.3) is 0 Å². The van der Waals surface area contributed by atoms with E-state index in [1.807, 2.05) is 0 Å². The van der Waals surface area contributed by atoms with Crippen molar-refractivity contribution >= 4 is 0 Å². The fourth-order valence-electron chi connectivity index (χ4n) is 3.41. The summed E-state index contributed by atoms with van der Waals surface area (Å²) in [6.07, 6.45) is 9.60. The second-order valence-corrected chi connectivity index (χ2v) is 5.79. The Bertz CT molecular complexity index is 174. The fraction of sp³-hybridized carbons (Fsp3) is 1.00. The molecular formula is C14H29N. The summed E-state index contributed by atoms with van der Waals surface area (Å²) < 4.78 is 0. The summed E-state index contributed by atoms with van der Waals surface area (Å²) in [6.45, 7) is 7.96. The summed E-state index contributed by atoms with van der Waals surface area (Å²) in [6, 6.07) is 0. The molecule has 1 nitrogen and oxygen atoms in total. The van der Waals surface area contributed by atoms with Crippen molar-refractivity contribution in [1.29, 1.82) is 0 Å². The molecule has 1 heteroatoms. The highest BCUT2D eigenvalue weighted by Crippen LogP contribution is 2.44. The lowest BCUT2D eigenvalue weighted by atomic mass is 9.65. The van der Waals surface area contributed by atoms with E-state index in [-0.39, 0.29) is 0 Å². The van der Waals surface area contributed by atoms with Crippen LogP contribution in [0.3, 0.4) is 0 Å². The molecule has 1 aliphatic rings. The molecule has 0 radical (unpaired) electrons. The standard InChI is InChI=1S/C14H29N/c1-4-13(5-2)10-14(11-15)8-6-7-12(3)9-14/h12-13H,4-11,15H2,1-3H3. The SMILES string of the molecule is CCC(CC)CC1(CN)CCCC(C)C1. The molecule has 1 rings (SSSR count). The predicted octanol–water partition coefficient (Wildman–Crippen LogP) is 3.97. The Kier molecular flexibility index (Phi) is 5.11. The van der Waals surface area contributed by atoms with Gasteiger partial charge < -0.3 is 5.73 Å². The van der Waals surface area contributed by atoms with E-state index in [4.69, 9.17) is 5.73 Å². The monoisotopic (exact) mass is 211 g/mol. The third-order valence-corrected chi connectivity index (χ3v) is 4.49. The van der Waals surface area contributed by atoms with Crippen LogP contribution in [0.15, 0.2) is 0 Å². The van der Waals surface area contributed by atoms with Crippen LogP contribution in [0.25, 0.3) is 0 Å². The largest absolute Gasteiger partial charge is 0.330 e. The number of nitrogens with two attached hydrogens (primary N) is 1. The molecule has 0 spiro atoms. The van der Waals surface area contributed by atoms with Crippen LogP contribution in [0, 0.1) is 17.3 Å². The van der Waals surface area contributed by atoms with Crippen molar-refractivity contribution in [3.63, 3.8) is 0 Å². The molecule has 15 heavy (non-hydrogen) atoms. The van der Waals surface area contributed by atoms with Crippen LogP contribution < -0.4 is 5.73 Å². The zero-order valence-electron chi connectivity index (χ0n) is 10.9. The highest BCUT2D eigenvalue weighted by Gasteiger charge is 2.34. The zero-order valence-corrected chi connectivity index (χ0v) is 10.9. The summed E-state index contributed by atoms with van der Waals surface area (Å²) in [5, 5.41) is 0. The van der Waals surface area contributed by atoms with Gasteiger partial charge in [-0.1, -0.05) is 46.5 Å². The van der Waals surface area contributed by atoms with Gasteiger partial charge in [0.05, 0.1) is 0 Å². The number of rotatable bonds is 5. The van der Waals surface area contributed by atoms with Crippen molar-refractivity contribution in [2.75, 3.05) is 6.54 Å². The van der Waals surface area contributed by atoms with Gasteiger partial charge in [0, 0.05) is 0 Å². The molecular weight excluding hydrogens is 182 g/mol. The molecule has 1 saturated carbocycles. The van der Waals surface area contributed by atoms with Gasteiger partial charge in [-0.2, -0.15) is 0 Å². The summed E-state index contributed by atoms with van der Waals surface area (Å²) in [5.41, 5.74) is 6.55. The highest BCUT2D eigenvalue weighted by molar-refractivity contribution is 4.87. The molecule has 90 valence electrons. The molecule has 2 atom stereocenters. The van der Waals surface area contributed by atoms with E-state index in [0.29, 0.717) is 5.41 Å². The molecule has 0 aromatic heterocycles. The van der Waals surface area contributed by atoms with E-state index in [0.717, 1.165) is 18.4 Å². The maximum atomic E-state index is 6.06. The molecule has 0 aliphatic heterocycles. The van der Waals surface area contributed by atoms with Crippen LogP contribution in [0.5, 0.6) is 0 Å². The van der Waals surface area contributed by atoms with Crippen molar-refractivity contribution in [2.24, 2.45) is 23.0 Å². The van der Waals surface area contributed by atoms with Gasteiger partial charge in [-0.05, 0) is 43.1 Å². The van der Waals surface area contributed by atoms with Gasteiger partial charge in [0.1, 0.15) is 0 Å². The van der Waals surface area contributed by atoms with Gasteiger partial charge >= 0.3 is 0 Å². The van der Waals surface area contributed by atoms with E-state index in [2.05, 4.69) is 20.8 Å². The zero-order chi connectivity index (χ0) is 11.3. The Labute approximate surface area is 95.8 Å². The molecule has 1 aliphatic carbocycles. The average Bonchev–Trinajstić information content (AvgIpc) is 2.26. The minimum absolute atomic E-state index is 0.494. The van der Waals surface area contributed by atoms with Crippen LogP contribution in [0.4, 0.5) is 0 Å². The van der Waals surface area contributed by atoms with Crippen LogP contribution in [-0.4, -0.2) is 6.54 Å². The Morgan fingerprint density at radius 3 is 2.47 bits per heavy atom. The van der Waals surface area contributed by atoms with E-state index < -0.39 is 0 Å². The van der Waals surface area contributed by atoms with Crippen molar-refractivity contribution < 1.29 is 0 Å². The first-order valence-corrected chi connectivity index (χ1v) is 6.86. The van der Waals surface area contributed by atoms with Gasteiger partial charge in [-0.15, -0.1) is 0 Å². The second-order valence-electron chi connectivity index (χ2n) is 5.79. The van der Waals surface area contributed by atoms with Crippen LogP contribution in [0.2, 0.25) is 0 Å². The molecule has 0 aromatic rings. The van der Waals surface area contributed by atoms with Crippen LogP contribution >= 0.6 is 0 Å². The molecule has 2 unspecified atom stereocenters. The van der Waals surface area contributed by atoms with Crippen LogP contribution in [-0.2, 0) is 0 Å². The summed E-state index contributed by atoms with van der Waals surface area (Å²) in [7, 11) is 0. The Morgan fingerprint density at radius 2 is 2.00 bits per heavy atom. The molecule has 0 saturated heterocycles. The van der Waals surface area contributed by atoms with E-state index in [1.165, 1.54) is 44.9 Å². The quantitative estimate of drug-likeness (QED) is 0.731. The normalized spacial score (nSPS) is 32.2. The minimum Gasteiger partial charge on any atom is -0.330 e. The summed E-state index contributed by atoms with van der Waals surface area (Å²) in [5.74, 6) is 1.80. The molecule has 1 fully saturated rings. The third-order valence-electron chi connectivity index (χ3n) is 4.49. The smallest absolute Gasteiger partial charge is 0.00203 e. The van der Waals surface area contributed by atoms with Gasteiger partial charge in [0.15, 0.2) is 0 Å². The van der Waals surface area contributed by atoms with Crippen molar-refractivity contribution in [2.45, 2.75) is 65.7 Å². The summed E-state index contributed by atoms with van der Waals surface area (Å²) >= 11 is 0. The average molecular weight is 211 g/mol. The minimum atomic E-state index is 0.494. The second kappa shape index (κ2) is 5.89. The van der Waals surface area contributed by atoms with Gasteiger partial charge in [-0.25, -0.2) is 0 Å². The van der Waals surface area contributed by atoms with Gasteiger partial charge in [0.2, 0.25) is 0 Å². The van der Waals surface area contributed by atoms with E-state index >= 15 is 0 Å². The first kappa shape index (κ1) is 13.0. The first-order chi connectivity index (χ1) is 7.15. The Hall–Kier alpha value is -0.0400. The van der Waals surface area contributed by atoms with Crippen molar-refractivity contribution in [1.82, 2.24) is 0 Å². The topological polar surface area (TPSA) is 26.0 Å². The lowest BCUT2D eigenvalue weighted by molar-refractivity contribution is 0.114. The van der Waals surface area contributed by atoms with E-state index in [9.17, 15) is 0 Å². The number of hydrogen-bond acceptors (Lipinski definition) is 1. The lowest BCUT2D eigenvalue weighted by Crippen LogP contribution is -2.37. The molecule has 0 heterocycles. The molecule has 0 bridgehead atoms. The molecule has 0 aromatic carbocycles. The lowest BCUT2D eigenvalue weighted by Gasteiger charge is -2.41. The van der Waals surface area contributed by atoms with Crippen molar-refractivity contribution in [3.8, 4) is 0 Å². The first-order valence-electron chi connectivity index (χ1n) is 6.86. The number of hydrogen-bond donors (Lipinski definition) is 1. The maximum absolute atomic E-state index is 6.06. The van der Waals surface area contributed by atoms with Crippen molar-refractivity contribution in [3.05, 3.63) is 0 Å². The summed E-state index contributed by atoms with van der Waals surface area (Å²) in [4.78, 5) is 0. The predicted molar refractivity (Wildman–Crippen MR) is 67.8 cm³/mol. The highest BCUT2D eigenvalue weighted by atomic mass is 14.6. The fourth-order valence-corrected chi connectivity index (χ4v) is 3.41.